The Bertz CT molecular complexity index is 411. The molecule has 0 aliphatic carbocycles. The lowest BCUT2D eigenvalue weighted by atomic mass is 9.98. The maximum absolute atomic E-state index is 13.3. The zero-order chi connectivity index (χ0) is 13.7. The molecule has 1 N–H and O–H groups in total. The van der Waals surface area contributed by atoms with E-state index in [1.807, 2.05) is 6.07 Å². The van der Waals surface area contributed by atoms with E-state index in [-0.39, 0.29) is 18.2 Å². The predicted octanol–water partition coefficient (Wildman–Crippen LogP) is 3.00. The Balaban J connectivity index is 0.00000200. The SMILES string of the molecule is CCC[C@@H](c1ccc(F)cc1OC)N1CCNCC1.Cl. The monoisotopic (exact) mass is 302 g/mol. The molecule has 0 bridgehead atoms. The first-order valence-corrected chi connectivity index (χ1v) is 7.04. The van der Waals surface area contributed by atoms with E-state index in [0.717, 1.165) is 44.6 Å². The number of rotatable bonds is 5. The fourth-order valence-electron chi connectivity index (χ4n) is 2.76. The van der Waals surface area contributed by atoms with Crippen LogP contribution in [0.25, 0.3) is 0 Å². The number of methoxy groups -OCH3 is 1. The van der Waals surface area contributed by atoms with Crippen LogP contribution in [0.3, 0.4) is 0 Å². The molecule has 3 nitrogen and oxygen atoms in total. The average Bonchev–Trinajstić information content (AvgIpc) is 2.46. The van der Waals surface area contributed by atoms with Crippen molar-refractivity contribution in [1.82, 2.24) is 10.2 Å². The second kappa shape index (κ2) is 8.45. The minimum atomic E-state index is -0.240. The maximum atomic E-state index is 13.3. The van der Waals surface area contributed by atoms with Gasteiger partial charge < -0.3 is 10.1 Å². The Labute approximate surface area is 126 Å². The van der Waals surface area contributed by atoms with Crippen LogP contribution in [0, 0.1) is 5.82 Å². The minimum Gasteiger partial charge on any atom is -0.496 e. The lowest BCUT2D eigenvalue weighted by molar-refractivity contribution is 0.162. The molecule has 0 radical (unpaired) electrons. The van der Waals surface area contributed by atoms with E-state index in [1.54, 1.807) is 7.11 Å². The summed E-state index contributed by atoms with van der Waals surface area (Å²) in [5.41, 5.74) is 1.10. The summed E-state index contributed by atoms with van der Waals surface area (Å²) in [5, 5.41) is 3.37. The Kier molecular flexibility index (Phi) is 7.27. The summed E-state index contributed by atoms with van der Waals surface area (Å²) in [7, 11) is 1.61. The van der Waals surface area contributed by atoms with E-state index < -0.39 is 0 Å². The van der Waals surface area contributed by atoms with E-state index >= 15 is 0 Å². The lowest BCUT2D eigenvalue weighted by Crippen LogP contribution is -2.45. The van der Waals surface area contributed by atoms with Gasteiger partial charge in [0.05, 0.1) is 7.11 Å². The molecule has 1 aromatic carbocycles. The molecular weight excluding hydrogens is 279 g/mol. The number of benzene rings is 1. The molecule has 0 spiro atoms. The molecule has 0 aromatic heterocycles. The van der Waals surface area contributed by atoms with Crippen molar-refractivity contribution in [3.05, 3.63) is 29.6 Å². The van der Waals surface area contributed by atoms with Crippen LogP contribution in [0.2, 0.25) is 0 Å². The molecule has 1 aliphatic rings. The summed E-state index contributed by atoms with van der Waals surface area (Å²) in [5.74, 6) is 0.424. The molecule has 5 heteroatoms. The number of piperazine rings is 1. The molecule has 20 heavy (non-hydrogen) atoms. The summed E-state index contributed by atoms with van der Waals surface area (Å²) in [6, 6.07) is 5.21. The first kappa shape index (κ1) is 17.2. The average molecular weight is 303 g/mol. The van der Waals surface area contributed by atoms with E-state index in [1.165, 1.54) is 12.1 Å². The van der Waals surface area contributed by atoms with Gasteiger partial charge in [-0.15, -0.1) is 12.4 Å². The van der Waals surface area contributed by atoms with Gasteiger partial charge in [0.15, 0.2) is 0 Å². The molecule has 0 amide bonds. The lowest BCUT2D eigenvalue weighted by Gasteiger charge is -2.35. The number of nitrogens with one attached hydrogen (secondary N) is 1. The normalized spacial score (nSPS) is 17.4. The van der Waals surface area contributed by atoms with Crippen LogP contribution in [0.1, 0.15) is 31.4 Å². The van der Waals surface area contributed by atoms with Gasteiger partial charge in [0.2, 0.25) is 0 Å². The largest absolute Gasteiger partial charge is 0.496 e. The van der Waals surface area contributed by atoms with Crippen LogP contribution >= 0.6 is 12.4 Å². The Morgan fingerprint density at radius 3 is 2.65 bits per heavy atom. The van der Waals surface area contributed by atoms with Gasteiger partial charge in [-0.2, -0.15) is 0 Å². The van der Waals surface area contributed by atoms with Gasteiger partial charge >= 0.3 is 0 Å². The maximum Gasteiger partial charge on any atom is 0.126 e. The molecule has 1 aliphatic heterocycles. The summed E-state index contributed by atoms with van der Waals surface area (Å²) >= 11 is 0. The van der Waals surface area contributed by atoms with E-state index in [2.05, 4.69) is 17.1 Å². The third-order valence-corrected chi connectivity index (χ3v) is 3.71. The van der Waals surface area contributed by atoms with Crippen LogP contribution in [0.4, 0.5) is 4.39 Å². The fraction of sp³-hybridized carbons (Fsp3) is 0.600. The molecule has 114 valence electrons. The zero-order valence-corrected chi connectivity index (χ0v) is 13.0. The zero-order valence-electron chi connectivity index (χ0n) is 12.2. The van der Waals surface area contributed by atoms with Crippen molar-refractivity contribution in [2.45, 2.75) is 25.8 Å². The number of nitrogens with zero attached hydrogens (tertiary/aromatic N) is 1. The Morgan fingerprint density at radius 1 is 1.35 bits per heavy atom. The highest BCUT2D eigenvalue weighted by Gasteiger charge is 2.24. The first-order chi connectivity index (χ1) is 9.26. The van der Waals surface area contributed by atoms with Crippen molar-refractivity contribution in [2.75, 3.05) is 33.3 Å². The molecule has 2 rings (SSSR count). The fourth-order valence-corrected chi connectivity index (χ4v) is 2.76. The topological polar surface area (TPSA) is 24.5 Å². The predicted molar refractivity (Wildman–Crippen MR) is 82.3 cm³/mol. The molecule has 1 aromatic rings. The first-order valence-electron chi connectivity index (χ1n) is 7.04. The van der Waals surface area contributed by atoms with Crippen LogP contribution < -0.4 is 10.1 Å². The third-order valence-electron chi connectivity index (χ3n) is 3.71. The number of hydrogen-bond acceptors (Lipinski definition) is 3. The smallest absolute Gasteiger partial charge is 0.126 e. The van der Waals surface area contributed by atoms with Gasteiger partial charge in [-0.05, 0) is 12.5 Å². The van der Waals surface area contributed by atoms with E-state index in [0.29, 0.717) is 11.8 Å². The molecule has 1 fully saturated rings. The minimum absolute atomic E-state index is 0. The van der Waals surface area contributed by atoms with Crippen molar-refractivity contribution in [3.8, 4) is 5.75 Å². The standard InChI is InChI=1S/C15H23FN2O.ClH/c1-3-4-14(18-9-7-17-8-10-18)13-6-5-12(16)11-15(13)19-2;/h5-6,11,14,17H,3-4,7-10H2,1-2H3;1H/t14-;/m0./s1. The molecule has 1 saturated heterocycles. The number of ether oxygens (including phenoxy) is 1. The highest BCUT2D eigenvalue weighted by atomic mass is 35.5. The molecule has 0 unspecified atom stereocenters. The summed E-state index contributed by atoms with van der Waals surface area (Å²) in [4.78, 5) is 2.47. The van der Waals surface area contributed by atoms with Gasteiger partial charge in [0.25, 0.3) is 0 Å². The quantitative estimate of drug-likeness (QED) is 0.905. The number of hydrogen-bond donors (Lipinski definition) is 1. The molecule has 0 saturated carbocycles. The molecular formula is C15H24ClFN2O. The van der Waals surface area contributed by atoms with Crippen LogP contribution in [-0.2, 0) is 0 Å². The molecule has 1 atom stereocenters. The van der Waals surface area contributed by atoms with E-state index in [4.69, 9.17) is 4.74 Å². The highest BCUT2D eigenvalue weighted by molar-refractivity contribution is 5.85. The second-order valence-electron chi connectivity index (χ2n) is 4.98. The van der Waals surface area contributed by atoms with Gasteiger partial charge in [0, 0.05) is 43.9 Å². The van der Waals surface area contributed by atoms with Crippen molar-refractivity contribution >= 4 is 12.4 Å². The Hall–Kier alpha value is -0.840. The summed E-state index contributed by atoms with van der Waals surface area (Å²) < 4.78 is 18.7. The van der Waals surface area contributed by atoms with Gasteiger partial charge in [0.1, 0.15) is 11.6 Å². The Morgan fingerprint density at radius 2 is 2.05 bits per heavy atom. The van der Waals surface area contributed by atoms with Gasteiger partial charge in [-0.1, -0.05) is 19.4 Å². The van der Waals surface area contributed by atoms with Crippen LogP contribution in [0.15, 0.2) is 18.2 Å². The summed E-state index contributed by atoms with van der Waals surface area (Å²) in [6.07, 6.45) is 2.18. The van der Waals surface area contributed by atoms with Crippen LogP contribution in [-0.4, -0.2) is 38.2 Å². The third kappa shape index (κ3) is 4.08. The van der Waals surface area contributed by atoms with Crippen molar-refractivity contribution in [1.29, 1.82) is 0 Å². The van der Waals surface area contributed by atoms with Gasteiger partial charge in [-0.25, -0.2) is 4.39 Å². The number of halogens is 2. The molecule has 1 heterocycles. The highest BCUT2D eigenvalue weighted by Crippen LogP contribution is 2.33. The van der Waals surface area contributed by atoms with E-state index in [9.17, 15) is 4.39 Å². The van der Waals surface area contributed by atoms with Crippen molar-refractivity contribution in [3.63, 3.8) is 0 Å². The summed E-state index contributed by atoms with van der Waals surface area (Å²) in [6.45, 7) is 6.29. The van der Waals surface area contributed by atoms with Crippen molar-refractivity contribution in [2.24, 2.45) is 0 Å². The van der Waals surface area contributed by atoms with Crippen LogP contribution in [0.5, 0.6) is 5.75 Å². The second-order valence-corrected chi connectivity index (χ2v) is 4.98. The van der Waals surface area contributed by atoms with Crippen molar-refractivity contribution < 1.29 is 9.13 Å². The van der Waals surface area contributed by atoms with Gasteiger partial charge in [-0.3, -0.25) is 4.90 Å².